The molecule has 0 aromatic heterocycles. The number of hydrogen-bond acceptors (Lipinski definition) is 9. The molecule has 5 atom stereocenters. The quantitative estimate of drug-likeness (QED) is 0.123. The van der Waals surface area contributed by atoms with Crippen LogP contribution in [0.2, 0.25) is 0 Å². The molecule has 11 N–H and O–H groups in total. The maximum Gasteiger partial charge on any atom is 0.326 e. The summed E-state index contributed by atoms with van der Waals surface area (Å²) in [6, 6.07) is 5.72. The van der Waals surface area contributed by atoms with Crippen molar-refractivity contribution < 1.29 is 44.4 Å². The summed E-state index contributed by atoms with van der Waals surface area (Å²) in [7, 11) is 0. The van der Waals surface area contributed by atoms with Crippen LogP contribution in [0.3, 0.4) is 0 Å². The number of aliphatic hydroxyl groups excluding tert-OH is 1. The lowest BCUT2D eigenvalue weighted by molar-refractivity contribution is -0.142. The Kier molecular flexibility index (Phi) is 11.4. The van der Waals surface area contributed by atoms with Gasteiger partial charge in [-0.15, -0.1) is 0 Å². The van der Waals surface area contributed by atoms with Gasteiger partial charge in [0, 0.05) is 6.42 Å². The van der Waals surface area contributed by atoms with Crippen LogP contribution in [0.15, 0.2) is 48.5 Å². The minimum atomic E-state index is -1.63. The van der Waals surface area contributed by atoms with E-state index >= 15 is 0 Å². The Hall–Kier alpha value is -4.69. The van der Waals surface area contributed by atoms with Gasteiger partial charge in [0.25, 0.3) is 0 Å². The normalized spacial score (nSPS) is 14.6. The van der Waals surface area contributed by atoms with Crippen LogP contribution in [-0.2, 0) is 36.8 Å². The molecule has 216 valence electrons. The molecule has 0 heterocycles. The van der Waals surface area contributed by atoms with Crippen LogP contribution in [0.1, 0.15) is 24.5 Å². The van der Waals surface area contributed by atoms with Crippen LogP contribution < -0.4 is 27.4 Å². The van der Waals surface area contributed by atoms with Crippen molar-refractivity contribution in [1.82, 2.24) is 16.0 Å². The second-order valence-corrected chi connectivity index (χ2v) is 9.21. The van der Waals surface area contributed by atoms with Crippen LogP contribution in [0, 0.1) is 0 Å². The number of carboxylic acid groups (broad SMARTS) is 1. The van der Waals surface area contributed by atoms with Gasteiger partial charge in [-0.3, -0.25) is 19.2 Å². The van der Waals surface area contributed by atoms with Crippen molar-refractivity contribution in [2.45, 2.75) is 56.5 Å². The molecule has 14 heteroatoms. The number of aliphatic hydroxyl groups is 1. The van der Waals surface area contributed by atoms with Crippen LogP contribution in [-0.4, -0.2) is 80.3 Å². The molecular formula is C26H33N5O9. The minimum absolute atomic E-state index is 0.0252. The van der Waals surface area contributed by atoms with Gasteiger partial charge in [0.05, 0.1) is 18.6 Å². The number of rotatable bonds is 14. The molecule has 2 aromatic carbocycles. The summed E-state index contributed by atoms with van der Waals surface area (Å²) in [5.41, 5.74) is 12.2. The average molecular weight is 560 g/mol. The fraction of sp³-hybridized carbons (Fsp3) is 0.346. The molecule has 0 aliphatic carbocycles. The van der Waals surface area contributed by atoms with E-state index in [1.165, 1.54) is 43.3 Å². The van der Waals surface area contributed by atoms with E-state index in [1.807, 2.05) is 0 Å². The van der Waals surface area contributed by atoms with E-state index < -0.39 is 66.3 Å². The van der Waals surface area contributed by atoms with Gasteiger partial charge in [0.15, 0.2) is 0 Å². The topological polar surface area (TPSA) is 254 Å². The maximum atomic E-state index is 13.0. The number of amides is 4. The molecule has 40 heavy (non-hydrogen) atoms. The van der Waals surface area contributed by atoms with Gasteiger partial charge in [-0.05, 0) is 48.7 Å². The zero-order valence-electron chi connectivity index (χ0n) is 21.6. The van der Waals surface area contributed by atoms with Gasteiger partial charge >= 0.3 is 5.97 Å². The summed E-state index contributed by atoms with van der Waals surface area (Å²) in [4.78, 5) is 61.8. The Morgan fingerprint density at radius 3 is 1.68 bits per heavy atom. The largest absolute Gasteiger partial charge is 0.508 e. The number of nitrogens with two attached hydrogens (primary N) is 2. The highest BCUT2D eigenvalue weighted by molar-refractivity contribution is 5.96. The van der Waals surface area contributed by atoms with Crippen molar-refractivity contribution in [2.24, 2.45) is 11.5 Å². The Morgan fingerprint density at radius 1 is 0.750 bits per heavy atom. The molecule has 0 fully saturated rings. The van der Waals surface area contributed by atoms with Crippen molar-refractivity contribution in [2.75, 3.05) is 0 Å². The lowest BCUT2D eigenvalue weighted by atomic mass is 10.0. The zero-order chi connectivity index (χ0) is 30.0. The highest BCUT2D eigenvalue weighted by Gasteiger charge is 2.33. The first-order valence-electron chi connectivity index (χ1n) is 12.2. The van der Waals surface area contributed by atoms with Crippen molar-refractivity contribution in [1.29, 1.82) is 0 Å². The minimum Gasteiger partial charge on any atom is -0.508 e. The summed E-state index contributed by atoms with van der Waals surface area (Å²) >= 11 is 0. The van der Waals surface area contributed by atoms with Crippen LogP contribution in [0.4, 0.5) is 0 Å². The number of aliphatic carboxylic acids is 1. The fourth-order valence-corrected chi connectivity index (χ4v) is 3.66. The van der Waals surface area contributed by atoms with E-state index in [0.29, 0.717) is 11.1 Å². The van der Waals surface area contributed by atoms with Crippen LogP contribution in [0.5, 0.6) is 11.5 Å². The standard InChI is InChI=1S/C26H33N5O9/c1-13(32)22(31-23(36)18(27)10-14-2-6-16(33)7-3-14)25(38)29-19(12-21(28)35)24(37)30-20(26(39)40)11-15-4-8-17(34)9-5-15/h2-9,13,18-20,22,32-34H,10-12,27H2,1H3,(H2,28,35)(H,29,38)(H,30,37)(H,31,36)(H,39,40). The SMILES string of the molecule is CC(O)C(NC(=O)C(N)Cc1ccc(O)cc1)C(=O)NC(CC(N)=O)C(=O)NC(Cc1ccc(O)cc1)C(=O)O. The Bertz CT molecular complexity index is 1200. The molecule has 0 spiro atoms. The van der Waals surface area contributed by atoms with Crippen LogP contribution >= 0.6 is 0 Å². The van der Waals surface area contributed by atoms with Gasteiger partial charge in [0.2, 0.25) is 23.6 Å². The molecule has 0 aliphatic heterocycles. The number of primary amides is 1. The second-order valence-electron chi connectivity index (χ2n) is 9.21. The number of carbonyl (C=O) groups excluding carboxylic acids is 4. The first kappa shape index (κ1) is 31.5. The third-order valence-corrected chi connectivity index (χ3v) is 5.82. The predicted octanol–water partition coefficient (Wildman–Crippen LogP) is -1.99. The van der Waals surface area contributed by atoms with Gasteiger partial charge in [-0.1, -0.05) is 24.3 Å². The summed E-state index contributed by atoms with van der Waals surface area (Å²) in [5.74, 6) is -5.29. The lowest BCUT2D eigenvalue weighted by Crippen LogP contribution is -2.60. The van der Waals surface area contributed by atoms with Crippen molar-refractivity contribution in [3.63, 3.8) is 0 Å². The molecule has 0 saturated heterocycles. The molecule has 0 radical (unpaired) electrons. The third kappa shape index (κ3) is 9.89. The van der Waals surface area contributed by atoms with E-state index in [1.54, 1.807) is 12.1 Å². The number of hydrogen-bond donors (Lipinski definition) is 9. The van der Waals surface area contributed by atoms with Gasteiger partial charge in [0.1, 0.15) is 29.6 Å². The molecule has 0 bridgehead atoms. The van der Waals surface area contributed by atoms with Crippen molar-refractivity contribution >= 4 is 29.6 Å². The molecule has 2 aromatic rings. The average Bonchev–Trinajstić information content (AvgIpc) is 2.88. The predicted molar refractivity (Wildman–Crippen MR) is 141 cm³/mol. The van der Waals surface area contributed by atoms with E-state index in [4.69, 9.17) is 11.5 Å². The Labute approximate surface area is 229 Å². The fourth-order valence-electron chi connectivity index (χ4n) is 3.66. The molecule has 4 amide bonds. The first-order valence-corrected chi connectivity index (χ1v) is 12.2. The number of carboxylic acids is 1. The number of aromatic hydroxyl groups is 2. The summed E-state index contributed by atoms with van der Waals surface area (Å²) in [5, 5.41) is 45.3. The molecule has 14 nitrogen and oxygen atoms in total. The molecule has 2 rings (SSSR count). The number of phenols is 2. The molecule has 5 unspecified atom stereocenters. The van der Waals surface area contributed by atoms with Gasteiger partial charge < -0.3 is 47.8 Å². The van der Waals surface area contributed by atoms with E-state index in [9.17, 15) is 44.4 Å². The third-order valence-electron chi connectivity index (χ3n) is 5.82. The summed E-state index contributed by atoms with van der Waals surface area (Å²) in [6.45, 7) is 1.21. The highest BCUT2D eigenvalue weighted by atomic mass is 16.4. The molecule has 0 saturated carbocycles. The second kappa shape index (κ2) is 14.5. The van der Waals surface area contributed by atoms with Crippen LogP contribution in [0.25, 0.3) is 0 Å². The van der Waals surface area contributed by atoms with Crippen molar-refractivity contribution in [3.05, 3.63) is 59.7 Å². The first-order chi connectivity index (χ1) is 18.8. The van der Waals surface area contributed by atoms with E-state index in [-0.39, 0.29) is 24.3 Å². The number of nitrogens with one attached hydrogen (secondary N) is 3. The number of benzene rings is 2. The Balaban J connectivity index is 2.11. The number of carbonyl (C=O) groups is 5. The smallest absolute Gasteiger partial charge is 0.326 e. The highest BCUT2D eigenvalue weighted by Crippen LogP contribution is 2.13. The lowest BCUT2D eigenvalue weighted by Gasteiger charge is -2.26. The monoisotopic (exact) mass is 559 g/mol. The van der Waals surface area contributed by atoms with Gasteiger partial charge in [-0.2, -0.15) is 0 Å². The van der Waals surface area contributed by atoms with E-state index in [0.717, 1.165) is 0 Å². The summed E-state index contributed by atoms with van der Waals surface area (Å²) in [6.07, 6.45) is -2.29. The number of phenolic OH excluding ortho intramolecular Hbond substituents is 2. The zero-order valence-corrected chi connectivity index (χ0v) is 21.6. The van der Waals surface area contributed by atoms with Gasteiger partial charge in [-0.25, -0.2) is 4.79 Å². The molecule has 0 aliphatic rings. The Morgan fingerprint density at radius 2 is 1.23 bits per heavy atom. The van der Waals surface area contributed by atoms with Crippen molar-refractivity contribution in [3.8, 4) is 11.5 Å². The molecular weight excluding hydrogens is 526 g/mol. The summed E-state index contributed by atoms with van der Waals surface area (Å²) < 4.78 is 0. The van der Waals surface area contributed by atoms with E-state index in [2.05, 4.69) is 16.0 Å². The maximum absolute atomic E-state index is 13.0.